The van der Waals surface area contributed by atoms with Crippen LogP contribution in [0.3, 0.4) is 0 Å². The van der Waals surface area contributed by atoms with E-state index in [1.54, 1.807) is 11.3 Å². The zero-order valence-corrected chi connectivity index (χ0v) is 17.7. The van der Waals surface area contributed by atoms with E-state index in [-0.39, 0.29) is 24.0 Å². The maximum absolute atomic E-state index is 5.44. The second-order valence-corrected chi connectivity index (χ2v) is 7.06. The molecule has 0 aromatic carbocycles. The largest absolute Gasteiger partial charge is 0.381 e. The molecule has 2 rings (SSSR count). The third kappa shape index (κ3) is 6.54. The Bertz CT molecular complexity index is 486. The van der Waals surface area contributed by atoms with Crippen molar-refractivity contribution in [2.45, 2.75) is 32.6 Å². The highest BCUT2D eigenvalue weighted by atomic mass is 127. The number of aliphatic imine (C=N–C) groups is 1. The van der Waals surface area contributed by atoms with E-state index in [9.17, 15) is 0 Å². The predicted molar refractivity (Wildman–Crippen MR) is 108 cm³/mol. The minimum Gasteiger partial charge on any atom is -0.381 e. The van der Waals surface area contributed by atoms with E-state index >= 15 is 0 Å². The number of rotatable bonds is 6. The zero-order valence-electron chi connectivity index (χ0n) is 14.5. The first kappa shape index (κ1) is 20.6. The lowest BCUT2D eigenvalue weighted by atomic mass is 10.1. The monoisotopic (exact) mass is 452 g/mol. The number of hydrogen-bond acceptors (Lipinski definition) is 4. The van der Waals surface area contributed by atoms with Gasteiger partial charge in [0.15, 0.2) is 5.96 Å². The number of nitrogens with zero attached hydrogens (tertiary/aromatic N) is 3. The second kappa shape index (κ2) is 10.5. The molecule has 0 radical (unpaired) electrons. The van der Waals surface area contributed by atoms with E-state index in [1.165, 1.54) is 10.7 Å². The van der Waals surface area contributed by atoms with Crippen LogP contribution in [0.2, 0.25) is 0 Å². The van der Waals surface area contributed by atoms with Crippen LogP contribution >= 0.6 is 35.3 Å². The molecule has 1 aromatic rings. The number of thiazole rings is 1. The number of nitrogens with one attached hydrogen (secondary N) is 1. The summed E-state index contributed by atoms with van der Waals surface area (Å²) >= 11 is 1.76. The average Bonchev–Trinajstić information content (AvgIpc) is 3.14. The van der Waals surface area contributed by atoms with Gasteiger partial charge in [-0.15, -0.1) is 35.3 Å². The van der Waals surface area contributed by atoms with Crippen molar-refractivity contribution in [2.24, 2.45) is 10.9 Å². The number of aromatic nitrogens is 1. The standard InChI is InChI=1S/C16H28N4OS.HI/c1-12(2)15-19-14(11-22-15)5-7-18-16(17-3)20(4)9-13-6-8-21-10-13;/h11-13H,5-10H2,1-4H3,(H,17,18);1H. The Morgan fingerprint density at radius 3 is 2.91 bits per heavy atom. The highest BCUT2D eigenvalue weighted by Crippen LogP contribution is 2.19. The summed E-state index contributed by atoms with van der Waals surface area (Å²) in [6, 6.07) is 0. The molecule has 1 unspecified atom stereocenters. The molecule has 7 heteroatoms. The van der Waals surface area contributed by atoms with Crippen LogP contribution in [-0.4, -0.2) is 56.2 Å². The van der Waals surface area contributed by atoms with Crippen LogP contribution in [0.1, 0.15) is 36.9 Å². The third-order valence-corrected chi connectivity index (χ3v) is 5.05. The fraction of sp³-hybridized carbons (Fsp3) is 0.750. The van der Waals surface area contributed by atoms with Gasteiger partial charge < -0.3 is 15.0 Å². The van der Waals surface area contributed by atoms with E-state index in [1.807, 2.05) is 7.05 Å². The minimum absolute atomic E-state index is 0. The van der Waals surface area contributed by atoms with Crippen LogP contribution in [-0.2, 0) is 11.2 Å². The highest BCUT2D eigenvalue weighted by Gasteiger charge is 2.19. The first-order valence-electron chi connectivity index (χ1n) is 8.04. The summed E-state index contributed by atoms with van der Waals surface area (Å²) in [4.78, 5) is 11.2. The van der Waals surface area contributed by atoms with Crippen molar-refractivity contribution >= 4 is 41.3 Å². The van der Waals surface area contributed by atoms with Crippen LogP contribution in [0, 0.1) is 5.92 Å². The molecule has 23 heavy (non-hydrogen) atoms. The topological polar surface area (TPSA) is 49.8 Å². The molecule has 1 aliphatic heterocycles. The van der Waals surface area contributed by atoms with E-state index in [0.29, 0.717) is 11.8 Å². The lowest BCUT2D eigenvalue weighted by Crippen LogP contribution is -2.42. The summed E-state index contributed by atoms with van der Waals surface area (Å²) in [5.41, 5.74) is 1.17. The Morgan fingerprint density at radius 2 is 2.35 bits per heavy atom. The van der Waals surface area contributed by atoms with Crippen LogP contribution < -0.4 is 5.32 Å². The molecule has 1 saturated heterocycles. The predicted octanol–water partition coefficient (Wildman–Crippen LogP) is 2.97. The van der Waals surface area contributed by atoms with Gasteiger partial charge >= 0.3 is 0 Å². The van der Waals surface area contributed by atoms with Gasteiger partial charge in [0, 0.05) is 57.4 Å². The number of ether oxygens (including phenoxy) is 1. The van der Waals surface area contributed by atoms with Gasteiger partial charge in [0.1, 0.15) is 0 Å². The third-order valence-electron chi connectivity index (χ3n) is 3.86. The molecule has 0 spiro atoms. The Labute approximate surface area is 160 Å². The van der Waals surface area contributed by atoms with Gasteiger partial charge in [-0.1, -0.05) is 13.8 Å². The molecule has 0 aliphatic carbocycles. The summed E-state index contributed by atoms with van der Waals surface area (Å²) in [6.07, 6.45) is 2.08. The maximum Gasteiger partial charge on any atom is 0.193 e. The lowest BCUT2D eigenvalue weighted by Gasteiger charge is -2.24. The molecule has 0 amide bonds. The SMILES string of the molecule is CN=C(NCCc1csc(C(C)C)n1)N(C)CC1CCOC1.I. The van der Waals surface area contributed by atoms with Gasteiger partial charge in [-0.2, -0.15) is 0 Å². The molecule has 0 bridgehead atoms. The molecular weight excluding hydrogens is 423 g/mol. The lowest BCUT2D eigenvalue weighted by molar-refractivity contribution is 0.181. The fourth-order valence-corrected chi connectivity index (χ4v) is 3.46. The summed E-state index contributed by atoms with van der Waals surface area (Å²) in [5, 5.41) is 6.82. The van der Waals surface area contributed by atoms with Crippen molar-refractivity contribution in [2.75, 3.05) is 40.4 Å². The Hall–Kier alpha value is -0.410. The van der Waals surface area contributed by atoms with Gasteiger partial charge in [0.2, 0.25) is 0 Å². The van der Waals surface area contributed by atoms with Crippen LogP contribution in [0.4, 0.5) is 0 Å². The van der Waals surface area contributed by atoms with Crippen molar-refractivity contribution in [3.8, 4) is 0 Å². The molecule has 1 aromatic heterocycles. The van der Waals surface area contributed by atoms with E-state index in [0.717, 1.165) is 45.1 Å². The molecule has 1 N–H and O–H groups in total. The van der Waals surface area contributed by atoms with E-state index in [2.05, 4.69) is 46.5 Å². The summed E-state index contributed by atoms with van der Waals surface area (Å²) in [5.74, 6) is 2.08. The highest BCUT2D eigenvalue weighted by molar-refractivity contribution is 14.0. The average molecular weight is 452 g/mol. The molecule has 1 atom stereocenters. The van der Waals surface area contributed by atoms with Crippen LogP contribution in [0.5, 0.6) is 0 Å². The van der Waals surface area contributed by atoms with Crippen molar-refractivity contribution in [1.29, 1.82) is 0 Å². The quantitative estimate of drug-likeness (QED) is 0.410. The molecule has 1 fully saturated rings. The Kier molecular flexibility index (Phi) is 9.38. The summed E-state index contributed by atoms with van der Waals surface area (Å²) < 4.78 is 5.44. The molecule has 0 saturated carbocycles. The molecule has 5 nitrogen and oxygen atoms in total. The maximum atomic E-state index is 5.44. The van der Waals surface area contributed by atoms with Crippen LogP contribution in [0.25, 0.3) is 0 Å². The normalized spacial score (nSPS) is 18.1. The van der Waals surface area contributed by atoms with Gasteiger partial charge in [-0.3, -0.25) is 4.99 Å². The smallest absolute Gasteiger partial charge is 0.193 e. The summed E-state index contributed by atoms with van der Waals surface area (Å²) in [6.45, 7) is 7.99. The summed E-state index contributed by atoms with van der Waals surface area (Å²) in [7, 11) is 3.93. The van der Waals surface area contributed by atoms with Crippen molar-refractivity contribution in [3.63, 3.8) is 0 Å². The van der Waals surface area contributed by atoms with Crippen molar-refractivity contribution < 1.29 is 4.74 Å². The number of hydrogen-bond donors (Lipinski definition) is 1. The van der Waals surface area contributed by atoms with Gasteiger partial charge in [-0.05, 0) is 6.42 Å². The van der Waals surface area contributed by atoms with E-state index < -0.39 is 0 Å². The Morgan fingerprint density at radius 1 is 1.57 bits per heavy atom. The van der Waals surface area contributed by atoms with Crippen LogP contribution in [0.15, 0.2) is 10.4 Å². The van der Waals surface area contributed by atoms with E-state index in [4.69, 9.17) is 4.74 Å². The van der Waals surface area contributed by atoms with Gasteiger partial charge in [0.05, 0.1) is 17.3 Å². The number of halogens is 1. The molecule has 132 valence electrons. The zero-order chi connectivity index (χ0) is 15.9. The fourth-order valence-electron chi connectivity index (χ4n) is 2.59. The van der Waals surface area contributed by atoms with Crippen molar-refractivity contribution in [1.82, 2.24) is 15.2 Å². The molecular formula is C16H29IN4OS. The number of guanidine groups is 1. The van der Waals surface area contributed by atoms with Gasteiger partial charge in [-0.25, -0.2) is 4.98 Å². The first-order valence-corrected chi connectivity index (χ1v) is 8.92. The first-order chi connectivity index (χ1) is 10.6. The molecule has 1 aliphatic rings. The Balaban J connectivity index is 0.00000264. The molecule has 2 heterocycles. The second-order valence-electron chi connectivity index (χ2n) is 6.17. The van der Waals surface area contributed by atoms with Gasteiger partial charge in [0.25, 0.3) is 0 Å². The van der Waals surface area contributed by atoms with Crippen molar-refractivity contribution in [3.05, 3.63) is 16.1 Å². The minimum atomic E-state index is 0.